The van der Waals surface area contributed by atoms with E-state index < -0.39 is 0 Å². The molecule has 20 heavy (non-hydrogen) atoms. The number of Topliss-reactive ketones (excluding diaryl/α,β-unsaturated/α-hetero) is 1. The normalized spacial score (nSPS) is 12.8. The van der Waals surface area contributed by atoms with Gasteiger partial charge in [0.25, 0.3) is 0 Å². The maximum atomic E-state index is 12.6. The average molecular weight is 275 g/mol. The molecule has 1 atom stereocenters. The van der Waals surface area contributed by atoms with E-state index in [1.165, 1.54) is 5.56 Å². The molecular formula is C18H29NO. The Kier molecular flexibility index (Phi) is 6.41. The van der Waals surface area contributed by atoms with Gasteiger partial charge in [0.05, 0.1) is 6.54 Å². The molecule has 0 spiro atoms. The van der Waals surface area contributed by atoms with Crippen LogP contribution < -0.4 is 0 Å². The van der Waals surface area contributed by atoms with Crippen LogP contribution in [0.25, 0.3) is 0 Å². The van der Waals surface area contributed by atoms with E-state index in [-0.39, 0.29) is 5.78 Å². The quantitative estimate of drug-likeness (QED) is 0.696. The molecule has 1 aromatic rings. The topological polar surface area (TPSA) is 20.3 Å². The van der Waals surface area contributed by atoms with Crippen LogP contribution in [-0.2, 0) is 0 Å². The second-order valence-corrected chi connectivity index (χ2v) is 6.04. The van der Waals surface area contributed by atoms with Crippen molar-refractivity contribution in [3.8, 4) is 0 Å². The van der Waals surface area contributed by atoms with Crippen LogP contribution in [0, 0.1) is 26.7 Å². The van der Waals surface area contributed by atoms with Gasteiger partial charge in [0.2, 0.25) is 0 Å². The molecule has 112 valence electrons. The number of rotatable bonds is 7. The summed E-state index contributed by atoms with van der Waals surface area (Å²) < 4.78 is 0. The molecule has 1 unspecified atom stereocenters. The fraction of sp³-hybridized carbons (Fsp3) is 0.611. The Balaban J connectivity index is 2.85. The second kappa shape index (κ2) is 7.58. The van der Waals surface area contributed by atoms with Gasteiger partial charge < -0.3 is 0 Å². The lowest BCUT2D eigenvalue weighted by Gasteiger charge is -2.23. The number of benzene rings is 1. The number of aryl methyl sites for hydroxylation is 3. The Bertz CT molecular complexity index is 441. The summed E-state index contributed by atoms with van der Waals surface area (Å²) in [6.07, 6.45) is 1.16. The van der Waals surface area contributed by atoms with Crippen molar-refractivity contribution in [1.29, 1.82) is 0 Å². The molecule has 0 fully saturated rings. The van der Waals surface area contributed by atoms with Gasteiger partial charge in [0.1, 0.15) is 0 Å². The van der Waals surface area contributed by atoms with E-state index in [9.17, 15) is 4.79 Å². The predicted octanol–water partition coefficient (Wildman–Crippen LogP) is 4.16. The fourth-order valence-electron chi connectivity index (χ4n) is 2.78. The zero-order chi connectivity index (χ0) is 15.3. The van der Waals surface area contributed by atoms with Gasteiger partial charge in [-0.1, -0.05) is 44.9 Å². The number of carbonyl (C=O) groups is 1. The lowest BCUT2D eigenvalue weighted by Crippen LogP contribution is -2.33. The van der Waals surface area contributed by atoms with Crippen molar-refractivity contribution in [2.45, 2.75) is 48.0 Å². The van der Waals surface area contributed by atoms with Crippen LogP contribution in [0.1, 0.15) is 54.2 Å². The van der Waals surface area contributed by atoms with E-state index in [4.69, 9.17) is 0 Å². The minimum absolute atomic E-state index is 0.255. The van der Waals surface area contributed by atoms with Crippen molar-refractivity contribution < 1.29 is 4.79 Å². The minimum atomic E-state index is 0.255. The van der Waals surface area contributed by atoms with Gasteiger partial charge >= 0.3 is 0 Å². The summed E-state index contributed by atoms with van der Waals surface area (Å²) in [4.78, 5) is 14.9. The molecule has 0 radical (unpaired) electrons. The number of carbonyl (C=O) groups excluding carboxylic acids is 1. The fourth-order valence-corrected chi connectivity index (χ4v) is 2.78. The number of hydrogen-bond acceptors (Lipinski definition) is 2. The summed E-state index contributed by atoms with van der Waals surface area (Å²) in [6, 6.07) is 4.20. The van der Waals surface area contributed by atoms with Gasteiger partial charge in [0, 0.05) is 12.1 Å². The predicted molar refractivity (Wildman–Crippen MR) is 86.6 cm³/mol. The molecule has 0 N–H and O–H groups in total. The third-order valence-electron chi connectivity index (χ3n) is 4.04. The van der Waals surface area contributed by atoms with Crippen LogP contribution in [0.2, 0.25) is 0 Å². The van der Waals surface area contributed by atoms with Crippen LogP contribution in [0.15, 0.2) is 12.1 Å². The van der Waals surface area contributed by atoms with Gasteiger partial charge in [-0.3, -0.25) is 9.69 Å². The Labute approximate surface area is 124 Å². The monoisotopic (exact) mass is 275 g/mol. The largest absolute Gasteiger partial charge is 0.296 e. The van der Waals surface area contributed by atoms with Crippen LogP contribution in [0.4, 0.5) is 0 Å². The first kappa shape index (κ1) is 16.9. The molecule has 0 amide bonds. The second-order valence-electron chi connectivity index (χ2n) is 6.04. The summed E-state index contributed by atoms with van der Waals surface area (Å²) in [6.45, 7) is 15.2. The molecule has 0 saturated heterocycles. The van der Waals surface area contributed by atoms with E-state index in [1.54, 1.807) is 0 Å². The van der Waals surface area contributed by atoms with Gasteiger partial charge in [-0.25, -0.2) is 0 Å². The van der Waals surface area contributed by atoms with Crippen molar-refractivity contribution in [1.82, 2.24) is 4.90 Å². The molecule has 1 aromatic carbocycles. The molecule has 0 aromatic heterocycles. The molecule has 0 aliphatic carbocycles. The summed E-state index contributed by atoms with van der Waals surface area (Å²) in [7, 11) is 0. The SMILES string of the molecule is CCC(C)CN(CC)CC(=O)c1c(C)cc(C)cc1C. The highest BCUT2D eigenvalue weighted by Gasteiger charge is 2.17. The number of hydrogen-bond donors (Lipinski definition) is 0. The van der Waals surface area contributed by atoms with E-state index in [0.29, 0.717) is 12.5 Å². The zero-order valence-corrected chi connectivity index (χ0v) is 13.9. The first-order valence-electron chi connectivity index (χ1n) is 7.72. The zero-order valence-electron chi connectivity index (χ0n) is 13.9. The molecule has 2 heteroatoms. The summed E-state index contributed by atoms with van der Waals surface area (Å²) in [5.41, 5.74) is 4.35. The van der Waals surface area contributed by atoms with E-state index in [2.05, 4.69) is 44.7 Å². The standard InChI is InChI=1S/C18H29NO/c1-7-13(3)11-19(8-2)12-17(20)18-15(5)9-14(4)10-16(18)6/h9-10,13H,7-8,11-12H2,1-6H3. The van der Waals surface area contributed by atoms with Crippen molar-refractivity contribution in [2.24, 2.45) is 5.92 Å². The van der Waals surface area contributed by atoms with Crippen LogP contribution in [0.3, 0.4) is 0 Å². The van der Waals surface area contributed by atoms with Crippen molar-refractivity contribution in [2.75, 3.05) is 19.6 Å². The number of nitrogens with zero attached hydrogens (tertiary/aromatic N) is 1. The van der Waals surface area contributed by atoms with Gasteiger partial charge in [0.15, 0.2) is 5.78 Å². The lowest BCUT2D eigenvalue weighted by atomic mass is 9.96. The first-order valence-corrected chi connectivity index (χ1v) is 7.72. The molecule has 2 nitrogen and oxygen atoms in total. The number of likely N-dealkylation sites (N-methyl/N-ethyl adjacent to an activating group) is 1. The molecule has 1 rings (SSSR count). The molecule has 0 aliphatic heterocycles. The molecule has 0 bridgehead atoms. The molecular weight excluding hydrogens is 246 g/mol. The van der Waals surface area contributed by atoms with Crippen molar-refractivity contribution in [3.63, 3.8) is 0 Å². The van der Waals surface area contributed by atoms with E-state index in [1.807, 2.05) is 13.8 Å². The van der Waals surface area contributed by atoms with Gasteiger partial charge in [-0.15, -0.1) is 0 Å². The lowest BCUT2D eigenvalue weighted by molar-refractivity contribution is 0.0922. The first-order chi connectivity index (χ1) is 9.38. The van der Waals surface area contributed by atoms with E-state index >= 15 is 0 Å². The summed E-state index contributed by atoms with van der Waals surface area (Å²) >= 11 is 0. The molecule has 0 aliphatic rings. The third-order valence-corrected chi connectivity index (χ3v) is 4.04. The maximum Gasteiger partial charge on any atom is 0.177 e. The third kappa shape index (κ3) is 4.45. The Hall–Kier alpha value is -1.15. The Morgan fingerprint density at radius 1 is 1.15 bits per heavy atom. The summed E-state index contributed by atoms with van der Waals surface area (Å²) in [5, 5.41) is 0. The highest BCUT2D eigenvalue weighted by atomic mass is 16.1. The van der Waals surface area contributed by atoms with Crippen LogP contribution >= 0.6 is 0 Å². The minimum Gasteiger partial charge on any atom is -0.296 e. The van der Waals surface area contributed by atoms with E-state index in [0.717, 1.165) is 36.2 Å². The molecule has 0 saturated carbocycles. The molecule has 0 heterocycles. The van der Waals surface area contributed by atoms with Gasteiger partial charge in [-0.05, 0) is 44.4 Å². The van der Waals surface area contributed by atoms with Crippen LogP contribution in [0.5, 0.6) is 0 Å². The highest BCUT2D eigenvalue weighted by molar-refractivity contribution is 6.00. The Morgan fingerprint density at radius 2 is 1.70 bits per heavy atom. The van der Waals surface area contributed by atoms with Crippen molar-refractivity contribution in [3.05, 3.63) is 34.4 Å². The maximum absolute atomic E-state index is 12.6. The summed E-state index contributed by atoms with van der Waals surface area (Å²) in [5.74, 6) is 0.896. The Morgan fingerprint density at radius 3 is 2.15 bits per heavy atom. The number of ketones is 1. The average Bonchev–Trinajstić information content (AvgIpc) is 2.36. The van der Waals surface area contributed by atoms with Gasteiger partial charge in [-0.2, -0.15) is 0 Å². The smallest absolute Gasteiger partial charge is 0.177 e. The van der Waals surface area contributed by atoms with Crippen molar-refractivity contribution >= 4 is 5.78 Å². The highest BCUT2D eigenvalue weighted by Crippen LogP contribution is 2.17. The van der Waals surface area contributed by atoms with Crippen LogP contribution in [-0.4, -0.2) is 30.3 Å².